The molecule has 2 heterocycles. The smallest absolute Gasteiger partial charge is 0.145 e. The van der Waals surface area contributed by atoms with Gasteiger partial charge >= 0.3 is 0 Å². The predicted octanol–water partition coefficient (Wildman–Crippen LogP) is 0.464. The van der Waals surface area contributed by atoms with E-state index in [4.69, 9.17) is 0 Å². The van der Waals surface area contributed by atoms with Gasteiger partial charge in [-0.25, -0.2) is 9.61 Å². The first-order valence-corrected chi connectivity index (χ1v) is 3.07. The Morgan fingerprint density at radius 2 is 1.71 bits per heavy atom. The first-order chi connectivity index (χ1) is 4.77. The van der Waals surface area contributed by atoms with Gasteiger partial charge in [-0.1, -0.05) is 6.92 Å². The molecule has 0 spiro atoms. The average molecular weight is 491 g/mol. The van der Waals surface area contributed by atoms with Gasteiger partial charge in [0.15, 0.2) is 0 Å². The molecule has 64 valence electrons. The van der Waals surface area contributed by atoms with Crippen molar-refractivity contribution in [3.8, 4) is 0 Å². The summed E-state index contributed by atoms with van der Waals surface area (Å²) in [5, 5.41) is 10.9. The van der Waals surface area contributed by atoms with Gasteiger partial charge in [0, 0.05) is 131 Å². The van der Waals surface area contributed by atoms with Gasteiger partial charge in [-0.3, -0.25) is 5.10 Å². The van der Waals surface area contributed by atoms with Crippen LogP contribution < -0.4 is 0 Å². The number of hydrogen-bond donors (Lipinski definition) is 1. The molecular weight excluding hydrogens is 484 g/mol. The van der Waals surface area contributed by atoms with Crippen molar-refractivity contribution in [1.29, 1.82) is 0 Å². The molecule has 0 aromatic carbocycles. The minimum Gasteiger partial charge on any atom is -0.401 e. The Kier molecular flexibility index (Phi) is 16.0. The van der Waals surface area contributed by atoms with Crippen molar-refractivity contribution in [2.45, 2.75) is 13.8 Å². The normalized spacial score (nSPS) is 7.86. The van der Waals surface area contributed by atoms with E-state index in [0.717, 1.165) is 17.2 Å². The van der Waals surface area contributed by atoms with Crippen molar-refractivity contribution in [3.63, 3.8) is 0 Å². The van der Waals surface area contributed by atoms with E-state index < -0.39 is 0 Å². The molecular formula is C6H7N4Y4-. The third-order valence-corrected chi connectivity index (χ3v) is 1.39. The molecule has 0 saturated carbocycles. The first kappa shape index (κ1) is 22.3. The second-order valence-corrected chi connectivity index (χ2v) is 2.24. The summed E-state index contributed by atoms with van der Waals surface area (Å²) in [6, 6.07) is 3.01. The van der Waals surface area contributed by atoms with Crippen molar-refractivity contribution in [3.05, 3.63) is 17.6 Å². The van der Waals surface area contributed by atoms with Crippen LogP contribution in [0.1, 0.15) is 11.5 Å². The minimum atomic E-state index is 0. The molecule has 0 aliphatic rings. The molecule has 0 fully saturated rings. The molecule has 4 nitrogen and oxygen atoms in total. The average Bonchev–Trinajstić information content (AvgIpc) is 2.35. The van der Waals surface area contributed by atoms with E-state index in [2.05, 4.69) is 21.4 Å². The maximum absolute atomic E-state index is 4.14. The summed E-state index contributed by atoms with van der Waals surface area (Å²) in [7, 11) is 0. The van der Waals surface area contributed by atoms with Gasteiger partial charge in [-0.2, -0.15) is 5.10 Å². The third-order valence-electron chi connectivity index (χ3n) is 1.39. The topological polar surface area (TPSA) is 46.0 Å². The fourth-order valence-electron chi connectivity index (χ4n) is 0.940. The van der Waals surface area contributed by atoms with Crippen LogP contribution in [-0.4, -0.2) is 19.8 Å². The van der Waals surface area contributed by atoms with Crippen molar-refractivity contribution in [2.24, 2.45) is 0 Å². The van der Waals surface area contributed by atoms with Gasteiger partial charge in [-0.05, 0) is 12.6 Å². The number of nitrogens with one attached hydrogen (secondary N) is 1. The number of nitrogens with zero attached hydrogens (tertiary/aromatic N) is 3. The standard InChI is InChI=1S/C6H7N4.4Y/c1-4-3-6-8-7-5(2)10(6)9-4;;;;/h8H,1-2H3;;;;/q-1;;;;. The summed E-state index contributed by atoms with van der Waals surface area (Å²) in [6.07, 6.45) is 0. The van der Waals surface area contributed by atoms with Crippen LogP contribution in [0.4, 0.5) is 0 Å². The fourth-order valence-corrected chi connectivity index (χ4v) is 0.940. The van der Waals surface area contributed by atoms with Gasteiger partial charge < -0.3 is 6.07 Å². The van der Waals surface area contributed by atoms with Gasteiger partial charge in [0.05, 0.1) is 0 Å². The van der Waals surface area contributed by atoms with Crippen LogP contribution in [0, 0.1) is 19.9 Å². The Morgan fingerprint density at radius 3 is 2.21 bits per heavy atom. The van der Waals surface area contributed by atoms with Crippen LogP contribution in [0.25, 0.3) is 5.65 Å². The summed E-state index contributed by atoms with van der Waals surface area (Å²) >= 11 is 0. The number of aromatic nitrogens is 4. The zero-order valence-corrected chi connectivity index (χ0v) is 19.5. The molecule has 0 aliphatic heterocycles. The summed E-state index contributed by atoms with van der Waals surface area (Å²) in [5.74, 6) is 0.861. The zero-order chi connectivity index (χ0) is 7.14. The third kappa shape index (κ3) is 5.17. The zero-order valence-electron chi connectivity index (χ0n) is 8.15. The predicted molar refractivity (Wildman–Crippen MR) is 35.6 cm³/mol. The van der Waals surface area contributed by atoms with Crippen LogP contribution in [0.3, 0.4) is 0 Å². The molecule has 2 rings (SSSR count). The molecule has 8 heteroatoms. The Morgan fingerprint density at radius 1 is 1.14 bits per heavy atom. The molecule has 0 atom stereocenters. The Hall–Kier alpha value is 3.10. The summed E-state index contributed by atoms with van der Waals surface area (Å²) in [5.41, 5.74) is 1.71. The molecule has 14 heavy (non-hydrogen) atoms. The molecule has 2 aromatic rings. The SMILES string of the molecule is Cc1[c-]c2[nH]nc(C)n2n1.[Y].[Y].[Y].[Y]. The molecule has 0 saturated heterocycles. The van der Waals surface area contributed by atoms with Crippen molar-refractivity contribution < 1.29 is 131 Å². The second kappa shape index (κ2) is 10.1. The maximum Gasteiger partial charge on any atom is 0.145 e. The van der Waals surface area contributed by atoms with E-state index >= 15 is 0 Å². The van der Waals surface area contributed by atoms with Gasteiger partial charge in [-0.15, -0.1) is 5.69 Å². The Balaban J connectivity index is -0.000000302. The van der Waals surface area contributed by atoms with Crippen LogP contribution >= 0.6 is 0 Å². The number of rotatable bonds is 0. The van der Waals surface area contributed by atoms with Crippen LogP contribution in [0.15, 0.2) is 0 Å². The van der Waals surface area contributed by atoms with Crippen molar-refractivity contribution in [1.82, 2.24) is 19.8 Å². The van der Waals surface area contributed by atoms with Crippen LogP contribution in [0.2, 0.25) is 0 Å². The van der Waals surface area contributed by atoms with Crippen LogP contribution in [0.5, 0.6) is 0 Å². The quantitative estimate of drug-likeness (QED) is 0.546. The number of hydrogen-bond acceptors (Lipinski definition) is 2. The van der Waals surface area contributed by atoms with E-state index in [1.165, 1.54) is 0 Å². The summed E-state index contributed by atoms with van der Waals surface area (Å²) in [4.78, 5) is 0. The van der Waals surface area contributed by atoms with E-state index in [9.17, 15) is 0 Å². The molecule has 1 N–H and O–H groups in total. The van der Waals surface area contributed by atoms with E-state index in [-0.39, 0.29) is 131 Å². The fraction of sp³-hybridized carbons (Fsp3) is 0.333. The van der Waals surface area contributed by atoms with E-state index in [0.29, 0.717) is 0 Å². The summed E-state index contributed by atoms with van der Waals surface area (Å²) in [6.45, 7) is 3.80. The van der Waals surface area contributed by atoms with Crippen molar-refractivity contribution >= 4 is 5.65 Å². The molecule has 4 radical (unpaired) electrons. The van der Waals surface area contributed by atoms with E-state index in [1.807, 2.05) is 13.8 Å². The Bertz CT molecular complexity index is 369. The molecule has 0 bridgehead atoms. The van der Waals surface area contributed by atoms with Crippen molar-refractivity contribution in [2.75, 3.05) is 0 Å². The minimum absolute atomic E-state index is 0. The number of fused-ring (bicyclic) bond motifs is 1. The Labute approximate surface area is 183 Å². The van der Waals surface area contributed by atoms with Gasteiger partial charge in [0.1, 0.15) is 5.82 Å². The number of aromatic amines is 1. The monoisotopic (exact) mass is 491 g/mol. The molecule has 0 unspecified atom stereocenters. The van der Waals surface area contributed by atoms with Gasteiger partial charge in [0.25, 0.3) is 0 Å². The summed E-state index contributed by atoms with van der Waals surface area (Å²) < 4.78 is 1.73. The maximum atomic E-state index is 4.14. The van der Waals surface area contributed by atoms with E-state index in [1.54, 1.807) is 4.52 Å². The number of aryl methyl sites for hydroxylation is 2. The largest absolute Gasteiger partial charge is 0.401 e. The van der Waals surface area contributed by atoms with Crippen LogP contribution in [-0.2, 0) is 131 Å². The first-order valence-electron chi connectivity index (χ1n) is 3.07. The molecule has 0 amide bonds. The number of H-pyrrole nitrogens is 1. The molecule has 2 aromatic heterocycles. The second-order valence-electron chi connectivity index (χ2n) is 2.24. The van der Waals surface area contributed by atoms with Gasteiger partial charge in [0.2, 0.25) is 0 Å². The molecule has 0 aliphatic carbocycles.